The first-order valence-corrected chi connectivity index (χ1v) is 7.04. The Morgan fingerprint density at radius 1 is 1.30 bits per heavy atom. The molecule has 7 nitrogen and oxygen atoms in total. The lowest BCUT2D eigenvalue weighted by Gasteiger charge is -2.20. The maximum atomic E-state index is 11.6. The van der Waals surface area contributed by atoms with E-state index in [9.17, 15) is 4.79 Å². The van der Waals surface area contributed by atoms with Gasteiger partial charge in [0.05, 0.1) is 13.2 Å². The van der Waals surface area contributed by atoms with Crippen molar-refractivity contribution in [2.45, 2.75) is 27.2 Å². The van der Waals surface area contributed by atoms with Gasteiger partial charge in [-0.1, -0.05) is 6.92 Å². The van der Waals surface area contributed by atoms with Crippen LogP contribution in [0.2, 0.25) is 5.28 Å². The average Bonchev–Trinajstić information content (AvgIpc) is 2.42. The summed E-state index contributed by atoms with van der Waals surface area (Å²) in [4.78, 5) is 25.5. The number of rotatable bonds is 8. The summed E-state index contributed by atoms with van der Waals surface area (Å²) in [7, 11) is 0. The molecule has 0 unspecified atom stereocenters. The lowest BCUT2D eigenvalue weighted by atomic mass is 10.4. The lowest BCUT2D eigenvalue weighted by molar-refractivity contribution is -0.119. The van der Waals surface area contributed by atoms with E-state index in [0.717, 1.165) is 6.42 Å². The third kappa shape index (κ3) is 5.16. The fourth-order valence-corrected chi connectivity index (χ4v) is 1.62. The zero-order chi connectivity index (χ0) is 15.0. The second kappa shape index (κ2) is 8.52. The zero-order valence-electron chi connectivity index (χ0n) is 12.0. The number of halogens is 1. The zero-order valence-corrected chi connectivity index (χ0v) is 12.8. The van der Waals surface area contributed by atoms with Crippen LogP contribution in [0.4, 0.5) is 5.95 Å². The Hall–Kier alpha value is -1.63. The smallest absolute Gasteiger partial charge is 0.322 e. The van der Waals surface area contributed by atoms with Gasteiger partial charge in [-0.25, -0.2) is 0 Å². The number of nitrogens with one attached hydrogen (secondary N) is 1. The van der Waals surface area contributed by atoms with Crippen molar-refractivity contribution in [3.05, 3.63) is 5.28 Å². The number of carbonyl (C=O) groups is 1. The number of aromatic nitrogens is 3. The summed E-state index contributed by atoms with van der Waals surface area (Å²) in [5.41, 5.74) is 0. The average molecular weight is 302 g/mol. The number of hydrogen-bond donors (Lipinski definition) is 1. The fraction of sp³-hybridized carbons (Fsp3) is 0.667. The Bertz CT molecular complexity index is 444. The molecule has 0 aliphatic carbocycles. The summed E-state index contributed by atoms with van der Waals surface area (Å²) in [5, 5.41) is 2.78. The molecule has 1 rings (SSSR count). The molecule has 0 radical (unpaired) electrons. The molecule has 0 atom stereocenters. The molecule has 0 fully saturated rings. The van der Waals surface area contributed by atoms with E-state index in [0.29, 0.717) is 25.6 Å². The van der Waals surface area contributed by atoms with Crippen molar-refractivity contribution in [3.8, 4) is 6.01 Å². The summed E-state index contributed by atoms with van der Waals surface area (Å²) in [6.07, 6.45) is 0.842. The van der Waals surface area contributed by atoms with Crippen molar-refractivity contribution < 1.29 is 9.53 Å². The van der Waals surface area contributed by atoms with Crippen LogP contribution in [0, 0.1) is 0 Å². The maximum Gasteiger partial charge on any atom is 0.322 e. The summed E-state index contributed by atoms with van der Waals surface area (Å²) in [6.45, 7) is 7.58. The molecule has 0 bridgehead atoms. The molecule has 0 saturated heterocycles. The lowest BCUT2D eigenvalue weighted by Crippen LogP contribution is -2.38. The number of hydrogen-bond acceptors (Lipinski definition) is 6. The molecule has 0 aromatic carbocycles. The summed E-state index contributed by atoms with van der Waals surface area (Å²) in [6, 6.07) is 0.177. The molecule has 1 amide bonds. The van der Waals surface area contributed by atoms with Crippen LogP contribution in [0.3, 0.4) is 0 Å². The van der Waals surface area contributed by atoms with Gasteiger partial charge in [-0.05, 0) is 31.9 Å². The topological polar surface area (TPSA) is 80.2 Å². The molecule has 0 aliphatic rings. The van der Waals surface area contributed by atoms with Crippen LogP contribution in [-0.2, 0) is 4.79 Å². The largest absolute Gasteiger partial charge is 0.463 e. The van der Waals surface area contributed by atoms with Crippen molar-refractivity contribution >= 4 is 23.5 Å². The van der Waals surface area contributed by atoms with Gasteiger partial charge >= 0.3 is 6.01 Å². The number of amides is 1. The van der Waals surface area contributed by atoms with Crippen LogP contribution in [0.5, 0.6) is 6.01 Å². The van der Waals surface area contributed by atoms with Gasteiger partial charge in [0.1, 0.15) is 0 Å². The van der Waals surface area contributed by atoms with Crippen LogP contribution in [0.15, 0.2) is 0 Å². The Labute approximate surface area is 123 Å². The van der Waals surface area contributed by atoms with Crippen molar-refractivity contribution in [1.82, 2.24) is 20.3 Å². The van der Waals surface area contributed by atoms with E-state index in [4.69, 9.17) is 16.3 Å². The molecule has 1 aromatic heterocycles. The van der Waals surface area contributed by atoms with Crippen LogP contribution >= 0.6 is 11.6 Å². The Balaban J connectivity index is 2.85. The van der Waals surface area contributed by atoms with E-state index in [1.54, 1.807) is 4.90 Å². The van der Waals surface area contributed by atoms with Crippen LogP contribution in [0.25, 0.3) is 0 Å². The van der Waals surface area contributed by atoms with E-state index in [1.165, 1.54) is 0 Å². The van der Waals surface area contributed by atoms with Gasteiger partial charge in [-0.3, -0.25) is 4.79 Å². The highest BCUT2D eigenvalue weighted by Crippen LogP contribution is 2.15. The number of likely N-dealkylation sites (N-methyl/N-ethyl adjacent to an activating group) is 2. The molecule has 1 heterocycles. The van der Waals surface area contributed by atoms with Gasteiger partial charge in [0.15, 0.2) is 0 Å². The van der Waals surface area contributed by atoms with Gasteiger partial charge in [-0.2, -0.15) is 15.0 Å². The van der Waals surface area contributed by atoms with Crippen LogP contribution in [-0.4, -0.2) is 47.1 Å². The molecule has 8 heteroatoms. The number of nitrogens with zero attached hydrogens (tertiary/aromatic N) is 4. The predicted octanol–water partition coefficient (Wildman–Crippen LogP) is 1.28. The van der Waals surface area contributed by atoms with E-state index in [1.807, 2.05) is 20.8 Å². The second-order valence-corrected chi connectivity index (χ2v) is 4.34. The van der Waals surface area contributed by atoms with E-state index < -0.39 is 0 Å². The predicted molar refractivity (Wildman–Crippen MR) is 77.2 cm³/mol. The molecule has 0 saturated carbocycles. The Kier molecular flexibility index (Phi) is 7.00. The van der Waals surface area contributed by atoms with E-state index >= 15 is 0 Å². The summed E-state index contributed by atoms with van der Waals surface area (Å²) in [5.74, 6) is 0.242. The number of anilines is 1. The highest BCUT2D eigenvalue weighted by atomic mass is 35.5. The SMILES string of the molecule is CCCOc1nc(Cl)nc(N(CC)CC(=O)NCC)n1. The standard InChI is InChI=1S/C12H20ClN5O2/c1-4-7-20-12-16-10(13)15-11(17-12)18(6-3)8-9(19)14-5-2/h4-8H2,1-3H3,(H,14,19). The van der Waals surface area contributed by atoms with Crippen LogP contribution < -0.4 is 15.0 Å². The minimum atomic E-state index is -0.0955. The first-order chi connectivity index (χ1) is 9.60. The normalized spacial score (nSPS) is 10.2. The van der Waals surface area contributed by atoms with Gasteiger partial charge in [0.2, 0.25) is 17.1 Å². The van der Waals surface area contributed by atoms with Gasteiger partial charge in [0, 0.05) is 13.1 Å². The highest BCUT2D eigenvalue weighted by Gasteiger charge is 2.15. The summed E-state index contributed by atoms with van der Waals surface area (Å²) < 4.78 is 5.35. The quantitative estimate of drug-likeness (QED) is 0.779. The third-order valence-corrected chi connectivity index (χ3v) is 2.55. The van der Waals surface area contributed by atoms with E-state index in [2.05, 4.69) is 20.3 Å². The molecule has 0 aliphatic heterocycles. The number of ether oxygens (including phenoxy) is 1. The minimum Gasteiger partial charge on any atom is -0.463 e. The first-order valence-electron chi connectivity index (χ1n) is 6.66. The minimum absolute atomic E-state index is 0.0513. The molecule has 112 valence electrons. The van der Waals surface area contributed by atoms with Crippen molar-refractivity contribution in [2.75, 3.05) is 31.1 Å². The molecule has 1 N–H and O–H groups in total. The second-order valence-electron chi connectivity index (χ2n) is 4.00. The maximum absolute atomic E-state index is 11.6. The molecule has 1 aromatic rings. The van der Waals surface area contributed by atoms with E-state index in [-0.39, 0.29) is 23.7 Å². The van der Waals surface area contributed by atoms with Gasteiger partial charge in [-0.15, -0.1) is 0 Å². The Morgan fingerprint density at radius 3 is 2.65 bits per heavy atom. The molecular weight excluding hydrogens is 282 g/mol. The van der Waals surface area contributed by atoms with Crippen molar-refractivity contribution in [2.24, 2.45) is 0 Å². The summed E-state index contributed by atoms with van der Waals surface area (Å²) >= 11 is 5.86. The van der Waals surface area contributed by atoms with Crippen LogP contribution in [0.1, 0.15) is 27.2 Å². The first kappa shape index (κ1) is 16.4. The van der Waals surface area contributed by atoms with Crippen molar-refractivity contribution in [1.29, 1.82) is 0 Å². The van der Waals surface area contributed by atoms with Gasteiger partial charge in [0.25, 0.3) is 0 Å². The fourth-order valence-electron chi connectivity index (χ4n) is 1.47. The third-order valence-electron chi connectivity index (χ3n) is 2.38. The monoisotopic (exact) mass is 301 g/mol. The Morgan fingerprint density at radius 2 is 2.05 bits per heavy atom. The molecular formula is C12H20ClN5O2. The highest BCUT2D eigenvalue weighted by molar-refractivity contribution is 6.28. The number of carbonyl (C=O) groups excluding carboxylic acids is 1. The van der Waals surface area contributed by atoms with Gasteiger partial charge < -0.3 is 15.0 Å². The molecule has 0 spiro atoms. The molecule has 20 heavy (non-hydrogen) atoms. The van der Waals surface area contributed by atoms with Crippen molar-refractivity contribution in [3.63, 3.8) is 0 Å².